The molecule has 0 bridgehead atoms. The van der Waals surface area contributed by atoms with Gasteiger partial charge in [-0.1, -0.05) is 0 Å². The normalized spacial score (nSPS) is 20.0. The standard InChI is InChI=1S/C15H24N4O2/c1-2-21-15(20)13(17-12-3-4-12)5-7-18-9-10-19-8-6-16-14(19)11-18/h6,8,12-13,17H,2-5,7,9-11H2,1H3. The molecule has 1 aromatic rings. The molecule has 2 aliphatic rings. The minimum absolute atomic E-state index is 0.108. The van der Waals surface area contributed by atoms with Crippen LogP contribution in [0.15, 0.2) is 12.4 Å². The fraction of sp³-hybridized carbons (Fsp3) is 0.733. The number of fused-ring (bicyclic) bond motifs is 1. The van der Waals surface area contributed by atoms with Crippen LogP contribution < -0.4 is 5.32 Å². The molecule has 1 unspecified atom stereocenters. The molecule has 1 aromatic heterocycles. The first kappa shape index (κ1) is 14.5. The first-order valence-corrected chi connectivity index (χ1v) is 7.91. The Labute approximate surface area is 125 Å². The van der Waals surface area contributed by atoms with Crippen molar-refractivity contribution in [3.05, 3.63) is 18.2 Å². The van der Waals surface area contributed by atoms with Crippen LogP contribution in [0.1, 0.15) is 32.0 Å². The van der Waals surface area contributed by atoms with E-state index in [1.165, 1.54) is 12.8 Å². The summed E-state index contributed by atoms with van der Waals surface area (Å²) in [5, 5.41) is 3.41. The number of rotatable bonds is 7. The number of ether oxygens (including phenoxy) is 1. The van der Waals surface area contributed by atoms with Gasteiger partial charge in [-0.05, 0) is 26.2 Å². The molecule has 1 aliphatic heterocycles. The summed E-state index contributed by atoms with van der Waals surface area (Å²) in [6.45, 7) is 6.07. The van der Waals surface area contributed by atoms with E-state index in [0.717, 1.165) is 38.4 Å². The molecular formula is C15H24N4O2. The molecule has 3 rings (SSSR count). The molecular weight excluding hydrogens is 268 g/mol. The predicted molar refractivity (Wildman–Crippen MR) is 78.7 cm³/mol. The van der Waals surface area contributed by atoms with Crippen LogP contribution in [0.25, 0.3) is 0 Å². The van der Waals surface area contributed by atoms with E-state index in [4.69, 9.17) is 4.74 Å². The van der Waals surface area contributed by atoms with Crippen molar-refractivity contribution in [1.82, 2.24) is 19.8 Å². The highest BCUT2D eigenvalue weighted by atomic mass is 16.5. The third-order valence-corrected chi connectivity index (χ3v) is 4.14. The average molecular weight is 292 g/mol. The van der Waals surface area contributed by atoms with Crippen molar-refractivity contribution in [2.45, 2.75) is 51.4 Å². The molecule has 6 nitrogen and oxygen atoms in total. The van der Waals surface area contributed by atoms with E-state index in [1.54, 1.807) is 0 Å². The van der Waals surface area contributed by atoms with Gasteiger partial charge in [0.15, 0.2) is 0 Å². The fourth-order valence-electron chi connectivity index (χ4n) is 2.77. The second-order valence-corrected chi connectivity index (χ2v) is 5.85. The molecule has 1 aliphatic carbocycles. The first-order valence-electron chi connectivity index (χ1n) is 7.91. The van der Waals surface area contributed by atoms with E-state index >= 15 is 0 Å². The summed E-state index contributed by atoms with van der Waals surface area (Å²) in [6, 6.07) is 0.346. The zero-order chi connectivity index (χ0) is 14.7. The number of nitrogens with one attached hydrogen (secondary N) is 1. The van der Waals surface area contributed by atoms with Gasteiger partial charge in [0, 0.05) is 38.1 Å². The van der Waals surface area contributed by atoms with Crippen LogP contribution >= 0.6 is 0 Å². The van der Waals surface area contributed by atoms with Gasteiger partial charge in [-0.3, -0.25) is 9.69 Å². The molecule has 0 radical (unpaired) electrons. The Balaban J connectivity index is 1.50. The van der Waals surface area contributed by atoms with Crippen molar-refractivity contribution in [3.8, 4) is 0 Å². The highest BCUT2D eigenvalue weighted by molar-refractivity contribution is 5.75. The maximum absolute atomic E-state index is 12.0. The molecule has 0 spiro atoms. The van der Waals surface area contributed by atoms with Gasteiger partial charge < -0.3 is 14.6 Å². The van der Waals surface area contributed by atoms with Crippen LogP contribution in [0.5, 0.6) is 0 Å². The van der Waals surface area contributed by atoms with E-state index in [0.29, 0.717) is 12.6 Å². The molecule has 1 N–H and O–H groups in total. The Morgan fingerprint density at radius 1 is 1.52 bits per heavy atom. The summed E-state index contributed by atoms with van der Waals surface area (Å²) in [4.78, 5) is 18.8. The third kappa shape index (κ3) is 3.83. The van der Waals surface area contributed by atoms with Gasteiger partial charge in [-0.15, -0.1) is 0 Å². The summed E-state index contributed by atoms with van der Waals surface area (Å²) in [5.41, 5.74) is 0. The van der Waals surface area contributed by atoms with Crippen LogP contribution in [0.3, 0.4) is 0 Å². The summed E-state index contributed by atoms with van der Waals surface area (Å²) in [6.07, 6.45) is 7.04. The van der Waals surface area contributed by atoms with Crippen LogP contribution in [0, 0.1) is 0 Å². The van der Waals surface area contributed by atoms with Gasteiger partial charge in [0.25, 0.3) is 0 Å². The molecule has 1 saturated carbocycles. The van der Waals surface area contributed by atoms with E-state index in [-0.39, 0.29) is 12.0 Å². The van der Waals surface area contributed by atoms with Crippen LogP contribution in [-0.4, -0.2) is 52.2 Å². The zero-order valence-electron chi connectivity index (χ0n) is 12.6. The monoisotopic (exact) mass is 292 g/mol. The lowest BCUT2D eigenvalue weighted by Crippen LogP contribution is -2.43. The predicted octanol–water partition coefficient (Wildman–Crippen LogP) is 0.772. The summed E-state index contributed by atoms with van der Waals surface area (Å²) < 4.78 is 7.38. The zero-order valence-corrected chi connectivity index (χ0v) is 12.6. The lowest BCUT2D eigenvalue weighted by molar-refractivity contribution is -0.146. The highest BCUT2D eigenvalue weighted by Crippen LogP contribution is 2.20. The Morgan fingerprint density at radius 2 is 2.38 bits per heavy atom. The molecule has 0 amide bonds. The Kier molecular flexibility index (Phi) is 4.55. The van der Waals surface area contributed by atoms with Crippen LogP contribution in [-0.2, 0) is 22.6 Å². The lowest BCUT2D eigenvalue weighted by Gasteiger charge is -2.28. The number of imidazole rings is 1. The number of hydrogen-bond donors (Lipinski definition) is 1. The van der Waals surface area contributed by atoms with Gasteiger partial charge >= 0.3 is 5.97 Å². The minimum Gasteiger partial charge on any atom is -0.465 e. The topological polar surface area (TPSA) is 59.4 Å². The first-order chi connectivity index (χ1) is 10.3. The van der Waals surface area contributed by atoms with Gasteiger partial charge in [0.1, 0.15) is 11.9 Å². The molecule has 1 atom stereocenters. The average Bonchev–Trinajstić information content (AvgIpc) is 3.18. The summed E-state index contributed by atoms with van der Waals surface area (Å²) in [5.74, 6) is 1.01. The van der Waals surface area contributed by atoms with Gasteiger partial charge in [0.05, 0.1) is 13.2 Å². The van der Waals surface area contributed by atoms with Gasteiger partial charge in [-0.2, -0.15) is 0 Å². The van der Waals surface area contributed by atoms with Crippen molar-refractivity contribution < 1.29 is 9.53 Å². The summed E-state index contributed by atoms with van der Waals surface area (Å²) >= 11 is 0. The number of carbonyl (C=O) groups is 1. The van der Waals surface area contributed by atoms with Crippen molar-refractivity contribution in [2.24, 2.45) is 0 Å². The fourth-order valence-corrected chi connectivity index (χ4v) is 2.77. The molecule has 6 heteroatoms. The SMILES string of the molecule is CCOC(=O)C(CCN1CCn2ccnc2C1)NC1CC1. The Hall–Kier alpha value is -1.40. The van der Waals surface area contributed by atoms with E-state index < -0.39 is 0 Å². The van der Waals surface area contributed by atoms with Crippen LogP contribution in [0.2, 0.25) is 0 Å². The van der Waals surface area contributed by atoms with Gasteiger partial charge in [-0.25, -0.2) is 4.98 Å². The maximum Gasteiger partial charge on any atom is 0.323 e. The molecule has 116 valence electrons. The summed E-state index contributed by atoms with van der Waals surface area (Å²) in [7, 11) is 0. The van der Waals surface area contributed by atoms with Crippen molar-refractivity contribution in [2.75, 3.05) is 19.7 Å². The van der Waals surface area contributed by atoms with E-state index in [2.05, 4.69) is 19.8 Å². The smallest absolute Gasteiger partial charge is 0.323 e. The molecule has 0 saturated heterocycles. The molecule has 1 fully saturated rings. The number of hydrogen-bond acceptors (Lipinski definition) is 5. The highest BCUT2D eigenvalue weighted by Gasteiger charge is 2.29. The quantitative estimate of drug-likeness (QED) is 0.752. The maximum atomic E-state index is 12.0. The minimum atomic E-state index is -0.167. The van der Waals surface area contributed by atoms with E-state index in [1.807, 2.05) is 19.3 Å². The van der Waals surface area contributed by atoms with Crippen molar-refractivity contribution in [3.63, 3.8) is 0 Å². The Bertz CT molecular complexity index is 484. The van der Waals surface area contributed by atoms with Crippen molar-refractivity contribution in [1.29, 1.82) is 0 Å². The molecule has 2 heterocycles. The number of carbonyl (C=O) groups excluding carboxylic acids is 1. The van der Waals surface area contributed by atoms with Crippen LogP contribution in [0.4, 0.5) is 0 Å². The van der Waals surface area contributed by atoms with E-state index in [9.17, 15) is 4.79 Å². The lowest BCUT2D eigenvalue weighted by atomic mass is 10.2. The number of aromatic nitrogens is 2. The third-order valence-electron chi connectivity index (χ3n) is 4.14. The largest absolute Gasteiger partial charge is 0.465 e. The molecule has 21 heavy (non-hydrogen) atoms. The van der Waals surface area contributed by atoms with Crippen molar-refractivity contribution >= 4 is 5.97 Å². The molecule has 0 aromatic carbocycles. The number of nitrogens with zero attached hydrogens (tertiary/aromatic N) is 3. The Morgan fingerprint density at radius 3 is 3.14 bits per heavy atom. The van der Waals surface area contributed by atoms with Gasteiger partial charge in [0.2, 0.25) is 0 Å². The second kappa shape index (κ2) is 6.58. The second-order valence-electron chi connectivity index (χ2n) is 5.85. The number of esters is 1.